The molecule has 1 aliphatic carbocycles. The highest BCUT2D eigenvalue weighted by Gasteiger charge is 2.34. The van der Waals surface area contributed by atoms with Gasteiger partial charge in [0.2, 0.25) is 5.91 Å². The molecule has 19 heavy (non-hydrogen) atoms. The molecular formula is C15H28N2O2. The predicted molar refractivity (Wildman–Crippen MR) is 76.1 cm³/mol. The van der Waals surface area contributed by atoms with E-state index < -0.39 is 0 Å². The second kappa shape index (κ2) is 7.85. The molecular weight excluding hydrogens is 240 g/mol. The Morgan fingerprint density at radius 3 is 2.74 bits per heavy atom. The molecule has 1 N–H and O–H groups in total. The summed E-state index contributed by atoms with van der Waals surface area (Å²) in [6.45, 7) is 2.85. The summed E-state index contributed by atoms with van der Waals surface area (Å²) in [5.74, 6) is 1.04. The summed E-state index contributed by atoms with van der Waals surface area (Å²) in [6.07, 6.45) is 9.15. The SMILES string of the molecule is COCCNCC(=O)N1CCCC1C1CCCCC1. The largest absolute Gasteiger partial charge is 0.383 e. The zero-order valence-corrected chi connectivity index (χ0v) is 12.2. The summed E-state index contributed by atoms with van der Waals surface area (Å²) < 4.78 is 4.98. The van der Waals surface area contributed by atoms with E-state index in [0.717, 1.165) is 19.0 Å². The van der Waals surface area contributed by atoms with Crippen molar-refractivity contribution in [1.82, 2.24) is 10.2 Å². The fraction of sp³-hybridized carbons (Fsp3) is 0.933. The number of hydrogen-bond donors (Lipinski definition) is 1. The molecule has 1 atom stereocenters. The normalized spacial score (nSPS) is 24.9. The molecule has 0 aromatic carbocycles. The van der Waals surface area contributed by atoms with E-state index in [1.165, 1.54) is 44.9 Å². The van der Waals surface area contributed by atoms with E-state index in [4.69, 9.17) is 4.74 Å². The average molecular weight is 268 g/mol. The molecule has 1 saturated carbocycles. The molecule has 0 aromatic rings. The summed E-state index contributed by atoms with van der Waals surface area (Å²) in [7, 11) is 1.68. The molecule has 110 valence electrons. The molecule has 1 heterocycles. The van der Waals surface area contributed by atoms with E-state index in [2.05, 4.69) is 10.2 Å². The van der Waals surface area contributed by atoms with Crippen molar-refractivity contribution in [3.05, 3.63) is 0 Å². The summed E-state index contributed by atoms with van der Waals surface area (Å²) in [4.78, 5) is 14.4. The highest BCUT2D eigenvalue weighted by Crippen LogP contribution is 2.34. The van der Waals surface area contributed by atoms with Gasteiger partial charge in [-0.2, -0.15) is 0 Å². The lowest BCUT2D eigenvalue weighted by atomic mass is 9.83. The molecule has 1 amide bonds. The number of ether oxygens (including phenoxy) is 1. The molecule has 0 bridgehead atoms. The van der Waals surface area contributed by atoms with Gasteiger partial charge in [0.15, 0.2) is 0 Å². The molecule has 4 heteroatoms. The lowest BCUT2D eigenvalue weighted by Crippen LogP contribution is -2.45. The average Bonchev–Trinajstić information content (AvgIpc) is 2.94. The van der Waals surface area contributed by atoms with Crippen molar-refractivity contribution < 1.29 is 9.53 Å². The van der Waals surface area contributed by atoms with Gasteiger partial charge in [0.05, 0.1) is 13.2 Å². The van der Waals surface area contributed by atoms with Crippen LogP contribution in [0.2, 0.25) is 0 Å². The third-order valence-electron chi connectivity index (χ3n) is 4.57. The van der Waals surface area contributed by atoms with Gasteiger partial charge in [-0.1, -0.05) is 19.3 Å². The maximum atomic E-state index is 12.3. The smallest absolute Gasteiger partial charge is 0.236 e. The van der Waals surface area contributed by atoms with Crippen molar-refractivity contribution in [3.8, 4) is 0 Å². The van der Waals surface area contributed by atoms with Crippen molar-refractivity contribution in [2.45, 2.75) is 51.0 Å². The molecule has 2 aliphatic rings. The number of methoxy groups -OCH3 is 1. The summed E-state index contributed by atoms with van der Waals surface area (Å²) >= 11 is 0. The van der Waals surface area contributed by atoms with Crippen molar-refractivity contribution in [2.75, 3.05) is 33.4 Å². The molecule has 0 aromatic heterocycles. The lowest BCUT2D eigenvalue weighted by Gasteiger charge is -2.34. The van der Waals surface area contributed by atoms with Gasteiger partial charge in [0.1, 0.15) is 0 Å². The Bertz CT molecular complexity index is 277. The number of hydrogen-bond acceptors (Lipinski definition) is 3. The Morgan fingerprint density at radius 2 is 2.00 bits per heavy atom. The minimum atomic E-state index is 0.282. The molecule has 2 fully saturated rings. The van der Waals surface area contributed by atoms with Crippen LogP contribution in [0.4, 0.5) is 0 Å². The number of amides is 1. The van der Waals surface area contributed by atoms with Gasteiger partial charge in [-0.25, -0.2) is 0 Å². The van der Waals surface area contributed by atoms with Crippen LogP contribution >= 0.6 is 0 Å². The van der Waals surface area contributed by atoms with Crippen LogP contribution in [0.15, 0.2) is 0 Å². The first-order valence-electron chi connectivity index (χ1n) is 7.82. The molecule has 4 nitrogen and oxygen atoms in total. The van der Waals surface area contributed by atoms with Crippen LogP contribution in [0.1, 0.15) is 44.9 Å². The highest BCUT2D eigenvalue weighted by atomic mass is 16.5. The lowest BCUT2D eigenvalue weighted by molar-refractivity contribution is -0.132. The van der Waals surface area contributed by atoms with Gasteiger partial charge in [0.25, 0.3) is 0 Å². The minimum Gasteiger partial charge on any atom is -0.383 e. The van der Waals surface area contributed by atoms with Gasteiger partial charge in [-0.05, 0) is 31.6 Å². The Balaban J connectivity index is 1.78. The van der Waals surface area contributed by atoms with Crippen LogP contribution in [0, 0.1) is 5.92 Å². The third-order valence-corrected chi connectivity index (χ3v) is 4.57. The third kappa shape index (κ3) is 4.18. The van der Waals surface area contributed by atoms with Gasteiger partial charge >= 0.3 is 0 Å². The van der Waals surface area contributed by atoms with Gasteiger partial charge < -0.3 is 15.0 Å². The number of carbonyl (C=O) groups excluding carboxylic acids is 1. The summed E-state index contributed by atoms with van der Waals surface area (Å²) in [6, 6.07) is 0.525. The van der Waals surface area contributed by atoms with E-state index in [1.54, 1.807) is 7.11 Å². The zero-order valence-electron chi connectivity index (χ0n) is 12.2. The van der Waals surface area contributed by atoms with E-state index >= 15 is 0 Å². The predicted octanol–water partition coefficient (Wildman–Crippen LogP) is 1.79. The van der Waals surface area contributed by atoms with Crippen molar-refractivity contribution >= 4 is 5.91 Å². The monoisotopic (exact) mass is 268 g/mol. The second-order valence-electron chi connectivity index (χ2n) is 5.86. The van der Waals surface area contributed by atoms with Crippen molar-refractivity contribution in [2.24, 2.45) is 5.92 Å². The maximum absolute atomic E-state index is 12.3. The van der Waals surface area contributed by atoms with Crippen molar-refractivity contribution in [3.63, 3.8) is 0 Å². The fourth-order valence-electron chi connectivity index (χ4n) is 3.58. The van der Waals surface area contributed by atoms with E-state index in [9.17, 15) is 4.79 Å². The first-order chi connectivity index (χ1) is 9.33. The molecule has 2 rings (SSSR count). The Hall–Kier alpha value is -0.610. The van der Waals surface area contributed by atoms with Gasteiger partial charge in [-0.15, -0.1) is 0 Å². The van der Waals surface area contributed by atoms with Crippen molar-refractivity contribution in [1.29, 1.82) is 0 Å². The maximum Gasteiger partial charge on any atom is 0.236 e. The second-order valence-corrected chi connectivity index (χ2v) is 5.86. The van der Waals surface area contributed by atoms with Crippen LogP contribution in [-0.2, 0) is 9.53 Å². The number of rotatable bonds is 6. The number of carbonyl (C=O) groups is 1. The van der Waals surface area contributed by atoms with E-state index in [1.807, 2.05) is 0 Å². The van der Waals surface area contributed by atoms with Gasteiger partial charge in [0, 0.05) is 26.2 Å². The quantitative estimate of drug-likeness (QED) is 0.747. The number of likely N-dealkylation sites (tertiary alicyclic amines) is 1. The molecule has 1 unspecified atom stereocenters. The molecule has 0 radical (unpaired) electrons. The van der Waals surface area contributed by atoms with Crippen LogP contribution in [0.3, 0.4) is 0 Å². The molecule has 0 spiro atoms. The topological polar surface area (TPSA) is 41.6 Å². The van der Waals surface area contributed by atoms with Crippen LogP contribution < -0.4 is 5.32 Å². The number of nitrogens with one attached hydrogen (secondary N) is 1. The van der Waals surface area contributed by atoms with E-state index in [-0.39, 0.29) is 5.91 Å². The van der Waals surface area contributed by atoms with Crippen LogP contribution in [0.5, 0.6) is 0 Å². The zero-order chi connectivity index (χ0) is 13.5. The van der Waals surface area contributed by atoms with Crippen LogP contribution in [0.25, 0.3) is 0 Å². The summed E-state index contributed by atoms with van der Waals surface area (Å²) in [5, 5.41) is 3.17. The molecule has 1 saturated heterocycles. The summed E-state index contributed by atoms with van der Waals surface area (Å²) in [5.41, 5.74) is 0. The van der Waals surface area contributed by atoms with Gasteiger partial charge in [-0.3, -0.25) is 4.79 Å². The standard InChI is InChI=1S/C15H28N2O2/c1-19-11-9-16-12-15(18)17-10-5-8-14(17)13-6-3-2-4-7-13/h13-14,16H,2-12H2,1H3. The first kappa shape index (κ1) is 14.8. The minimum absolute atomic E-state index is 0.282. The number of nitrogens with zero attached hydrogens (tertiary/aromatic N) is 1. The van der Waals surface area contributed by atoms with E-state index in [0.29, 0.717) is 19.2 Å². The van der Waals surface area contributed by atoms with Crippen LogP contribution in [-0.4, -0.2) is 50.2 Å². The Kier molecular flexibility index (Phi) is 6.11. The molecule has 1 aliphatic heterocycles. The Labute approximate surface area is 116 Å². The first-order valence-corrected chi connectivity index (χ1v) is 7.82. The highest BCUT2D eigenvalue weighted by molar-refractivity contribution is 5.78. The fourth-order valence-corrected chi connectivity index (χ4v) is 3.58. The Morgan fingerprint density at radius 1 is 1.21 bits per heavy atom.